The fraction of sp³-hybridized carbons (Fsp3) is 0.297. The van der Waals surface area contributed by atoms with Gasteiger partial charge in [0.25, 0.3) is 10.0 Å². The first-order valence-electron chi connectivity index (χ1n) is 15.1. The van der Waals surface area contributed by atoms with E-state index in [4.69, 9.17) is 0 Å². The lowest BCUT2D eigenvalue weighted by molar-refractivity contribution is -0.140. The summed E-state index contributed by atoms with van der Waals surface area (Å²) in [6.45, 7) is 11.1. The van der Waals surface area contributed by atoms with Crippen molar-refractivity contribution in [3.63, 3.8) is 0 Å². The molecule has 7 nitrogen and oxygen atoms in total. The number of aryl methyl sites for hydroxylation is 3. The summed E-state index contributed by atoms with van der Waals surface area (Å²) in [5.41, 5.74) is 4.28. The zero-order valence-electron chi connectivity index (χ0n) is 26.9. The van der Waals surface area contributed by atoms with Crippen LogP contribution in [0, 0.1) is 20.8 Å². The van der Waals surface area contributed by atoms with Gasteiger partial charge < -0.3 is 10.2 Å². The van der Waals surface area contributed by atoms with Gasteiger partial charge >= 0.3 is 0 Å². The lowest BCUT2D eigenvalue weighted by Gasteiger charge is -2.36. The van der Waals surface area contributed by atoms with Crippen molar-refractivity contribution in [2.45, 2.75) is 71.0 Å². The maximum absolute atomic E-state index is 14.6. The minimum Gasteiger partial charge on any atom is -0.350 e. The summed E-state index contributed by atoms with van der Waals surface area (Å²) in [7, 11) is -4.15. The van der Waals surface area contributed by atoms with E-state index in [0.717, 1.165) is 27.8 Å². The summed E-state index contributed by atoms with van der Waals surface area (Å²) >= 11 is 0. The molecule has 0 saturated carbocycles. The van der Waals surface area contributed by atoms with Crippen LogP contribution in [0.15, 0.2) is 108 Å². The molecule has 0 bridgehead atoms. The Morgan fingerprint density at radius 3 is 1.98 bits per heavy atom. The summed E-state index contributed by atoms with van der Waals surface area (Å²) in [5.74, 6) is -0.792. The topological polar surface area (TPSA) is 86.8 Å². The molecule has 4 aromatic carbocycles. The van der Waals surface area contributed by atoms with Gasteiger partial charge in [-0.25, -0.2) is 8.42 Å². The van der Waals surface area contributed by atoms with Gasteiger partial charge in [0.2, 0.25) is 11.8 Å². The van der Waals surface area contributed by atoms with E-state index in [1.165, 1.54) is 21.3 Å². The quantitative estimate of drug-likeness (QED) is 0.210. The fourth-order valence-corrected chi connectivity index (χ4v) is 6.80. The first kappa shape index (κ1) is 33.5. The van der Waals surface area contributed by atoms with Crippen LogP contribution in [0.4, 0.5) is 5.69 Å². The summed E-state index contributed by atoms with van der Waals surface area (Å²) in [5, 5.41) is 3.07. The van der Waals surface area contributed by atoms with Crippen molar-refractivity contribution in [1.29, 1.82) is 0 Å². The SMILES string of the molecule is Cc1ccc(N(CC(=O)N(Cc2ccccc2C)[C@H](Cc2ccccc2)C(=O)NC(C)(C)C)S(=O)(=O)c2ccccc2)c(C)c1. The molecular weight excluding hydrogens is 582 g/mol. The molecule has 0 saturated heterocycles. The van der Waals surface area contributed by atoms with Crippen LogP contribution in [0.25, 0.3) is 0 Å². The Hall–Kier alpha value is -4.43. The number of nitrogens with one attached hydrogen (secondary N) is 1. The summed E-state index contributed by atoms with van der Waals surface area (Å²) in [4.78, 5) is 30.3. The number of anilines is 1. The van der Waals surface area contributed by atoms with Crippen molar-refractivity contribution in [3.05, 3.63) is 131 Å². The van der Waals surface area contributed by atoms with E-state index in [1.54, 1.807) is 24.3 Å². The van der Waals surface area contributed by atoms with Gasteiger partial charge in [0.15, 0.2) is 0 Å². The van der Waals surface area contributed by atoms with E-state index < -0.39 is 34.1 Å². The second-order valence-electron chi connectivity index (χ2n) is 12.5. The second kappa shape index (κ2) is 14.1. The molecule has 0 aromatic heterocycles. The van der Waals surface area contributed by atoms with Crippen molar-refractivity contribution in [2.75, 3.05) is 10.8 Å². The number of rotatable bonds is 11. The monoisotopic (exact) mass is 625 g/mol. The maximum atomic E-state index is 14.6. The van der Waals surface area contributed by atoms with Gasteiger partial charge in [-0.2, -0.15) is 0 Å². The number of benzene rings is 4. The van der Waals surface area contributed by atoms with Crippen LogP contribution in [-0.2, 0) is 32.6 Å². The van der Waals surface area contributed by atoms with E-state index in [2.05, 4.69) is 5.32 Å². The van der Waals surface area contributed by atoms with Crippen LogP contribution in [0.2, 0.25) is 0 Å². The lowest BCUT2D eigenvalue weighted by atomic mass is 10.00. The van der Waals surface area contributed by atoms with Gasteiger partial charge in [0.1, 0.15) is 12.6 Å². The molecule has 0 aliphatic heterocycles. The van der Waals surface area contributed by atoms with Gasteiger partial charge in [0.05, 0.1) is 10.6 Å². The zero-order valence-corrected chi connectivity index (χ0v) is 27.8. The predicted molar refractivity (Wildman–Crippen MR) is 180 cm³/mol. The van der Waals surface area contributed by atoms with E-state index in [-0.39, 0.29) is 23.8 Å². The Morgan fingerprint density at radius 2 is 1.38 bits per heavy atom. The first-order valence-corrected chi connectivity index (χ1v) is 16.6. The van der Waals surface area contributed by atoms with Gasteiger partial charge in [-0.3, -0.25) is 13.9 Å². The van der Waals surface area contributed by atoms with Crippen LogP contribution in [0.5, 0.6) is 0 Å². The largest absolute Gasteiger partial charge is 0.350 e. The van der Waals surface area contributed by atoms with Crippen molar-refractivity contribution in [2.24, 2.45) is 0 Å². The number of nitrogens with zero attached hydrogens (tertiary/aromatic N) is 2. The van der Waals surface area contributed by atoms with E-state index in [9.17, 15) is 18.0 Å². The predicted octanol–water partition coefficient (Wildman–Crippen LogP) is 6.36. The highest BCUT2D eigenvalue weighted by atomic mass is 32.2. The molecule has 0 radical (unpaired) electrons. The van der Waals surface area contributed by atoms with Gasteiger partial charge in [-0.05, 0) is 82.0 Å². The average molecular weight is 626 g/mol. The van der Waals surface area contributed by atoms with Gasteiger partial charge in [-0.15, -0.1) is 0 Å². The zero-order chi connectivity index (χ0) is 32.8. The number of carbonyl (C=O) groups excluding carboxylic acids is 2. The van der Waals surface area contributed by atoms with Crippen LogP contribution in [-0.4, -0.2) is 43.3 Å². The van der Waals surface area contributed by atoms with Crippen LogP contribution >= 0.6 is 0 Å². The molecule has 0 aliphatic carbocycles. The first-order chi connectivity index (χ1) is 21.3. The molecule has 0 aliphatic rings. The normalized spacial score (nSPS) is 12.3. The molecule has 4 aromatic rings. The highest BCUT2D eigenvalue weighted by Gasteiger charge is 2.36. The standard InChI is InChI=1S/C37H43N3O4S/c1-27-21-22-33(29(3)23-27)40(45(43,44)32-19-11-8-12-20-32)26-35(41)39(25-31-18-14-13-15-28(31)2)34(36(42)38-37(4,5)6)24-30-16-9-7-10-17-30/h7-23,34H,24-26H2,1-6H3,(H,38,42)/t34-/m1/s1. The number of hydrogen-bond donors (Lipinski definition) is 1. The molecule has 0 spiro atoms. The molecule has 0 unspecified atom stereocenters. The highest BCUT2D eigenvalue weighted by Crippen LogP contribution is 2.28. The average Bonchev–Trinajstić information content (AvgIpc) is 2.99. The third-order valence-corrected chi connectivity index (χ3v) is 9.38. The number of hydrogen-bond acceptors (Lipinski definition) is 4. The molecule has 8 heteroatoms. The molecule has 45 heavy (non-hydrogen) atoms. The number of carbonyl (C=O) groups is 2. The fourth-order valence-electron chi connectivity index (χ4n) is 5.30. The summed E-state index contributed by atoms with van der Waals surface area (Å²) in [6, 6.07) is 29.9. The van der Waals surface area contributed by atoms with Crippen LogP contribution < -0.4 is 9.62 Å². The Bertz CT molecular complexity index is 1730. The highest BCUT2D eigenvalue weighted by molar-refractivity contribution is 7.92. The minimum atomic E-state index is -4.15. The summed E-state index contributed by atoms with van der Waals surface area (Å²) in [6.07, 6.45) is 0.259. The number of amides is 2. The third-order valence-electron chi connectivity index (χ3n) is 7.60. The molecule has 236 valence electrons. The van der Waals surface area contributed by atoms with Crippen molar-refractivity contribution >= 4 is 27.5 Å². The van der Waals surface area contributed by atoms with Crippen molar-refractivity contribution in [3.8, 4) is 0 Å². The second-order valence-corrected chi connectivity index (χ2v) is 14.4. The van der Waals surface area contributed by atoms with Gasteiger partial charge in [-0.1, -0.05) is 90.5 Å². The molecule has 0 heterocycles. The Labute approximate surface area is 268 Å². The Balaban J connectivity index is 1.84. The van der Waals surface area contributed by atoms with Crippen molar-refractivity contribution < 1.29 is 18.0 Å². The molecule has 1 atom stereocenters. The Kier molecular flexibility index (Phi) is 10.5. The molecule has 4 rings (SSSR count). The van der Waals surface area contributed by atoms with Crippen molar-refractivity contribution in [1.82, 2.24) is 10.2 Å². The third kappa shape index (κ3) is 8.60. The van der Waals surface area contributed by atoms with E-state index in [1.807, 2.05) is 108 Å². The molecule has 2 amide bonds. The molecule has 1 N–H and O–H groups in total. The summed E-state index contributed by atoms with van der Waals surface area (Å²) < 4.78 is 29.6. The smallest absolute Gasteiger partial charge is 0.264 e. The molecule has 0 fully saturated rings. The number of sulfonamides is 1. The van der Waals surface area contributed by atoms with E-state index in [0.29, 0.717) is 5.69 Å². The Morgan fingerprint density at radius 1 is 0.778 bits per heavy atom. The maximum Gasteiger partial charge on any atom is 0.264 e. The van der Waals surface area contributed by atoms with Crippen LogP contribution in [0.3, 0.4) is 0 Å². The van der Waals surface area contributed by atoms with Gasteiger partial charge in [0, 0.05) is 18.5 Å². The molecular formula is C37H43N3O4S. The lowest BCUT2D eigenvalue weighted by Crippen LogP contribution is -2.56. The minimum absolute atomic E-state index is 0.0783. The van der Waals surface area contributed by atoms with Crippen LogP contribution in [0.1, 0.15) is 48.6 Å². The van der Waals surface area contributed by atoms with E-state index >= 15 is 0 Å².